The van der Waals surface area contributed by atoms with E-state index in [0.29, 0.717) is 5.65 Å². The number of carbonyl (C=O) groups excluding carboxylic acids is 1. The molecule has 0 aliphatic carbocycles. The minimum Gasteiger partial charge on any atom is -0.467 e. The van der Waals surface area contributed by atoms with Crippen LogP contribution in [0.2, 0.25) is 0 Å². The molecule has 0 aliphatic heterocycles. The number of methoxy groups -OCH3 is 1. The number of carbonyl (C=O) groups is 1. The van der Waals surface area contributed by atoms with E-state index in [2.05, 4.69) is 9.72 Å². The molecule has 2 aromatic heterocycles. The predicted molar refractivity (Wildman–Crippen MR) is 63.2 cm³/mol. The van der Waals surface area contributed by atoms with Crippen molar-refractivity contribution in [3.05, 3.63) is 46.5 Å². The number of hydrogen-bond donors (Lipinski definition) is 1. The second-order valence-corrected chi connectivity index (χ2v) is 3.76. The Morgan fingerprint density at radius 2 is 2.33 bits per heavy atom. The molecule has 0 unspecified atom stereocenters. The van der Waals surface area contributed by atoms with Crippen molar-refractivity contribution < 1.29 is 14.6 Å². The van der Waals surface area contributed by atoms with Gasteiger partial charge in [0, 0.05) is 24.4 Å². The highest BCUT2D eigenvalue weighted by Gasteiger charge is 2.18. The van der Waals surface area contributed by atoms with Gasteiger partial charge in [-0.25, -0.2) is 9.78 Å². The van der Waals surface area contributed by atoms with Crippen LogP contribution in [-0.4, -0.2) is 33.7 Å². The van der Waals surface area contributed by atoms with Gasteiger partial charge in [0.2, 0.25) is 0 Å². The van der Waals surface area contributed by atoms with Crippen LogP contribution in [0.3, 0.4) is 0 Å². The largest absolute Gasteiger partial charge is 0.467 e. The molecule has 0 saturated carbocycles. The maximum Gasteiger partial charge on any atom is 0.335 e. The summed E-state index contributed by atoms with van der Waals surface area (Å²) in [6.07, 6.45) is 1.48. The molecular weight excluding hydrogens is 236 g/mol. The summed E-state index contributed by atoms with van der Waals surface area (Å²) in [6, 6.07) is 5.17. The molecule has 0 bridgehead atoms. The van der Waals surface area contributed by atoms with Gasteiger partial charge in [0.15, 0.2) is 6.10 Å². The van der Waals surface area contributed by atoms with Crippen molar-refractivity contribution in [2.45, 2.75) is 12.5 Å². The highest BCUT2D eigenvalue weighted by atomic mass is 16.5. The van der Waals surface area contributed by atoms with Gasteiger partial charge in [-0.1, -0.05) is 6.07 Å². The minimum absolute atomic E-state index is 0.115. The molecule has 0 amide bonds. The van der Waals surface area contributed by atoms with Gasteiger partial charge in [-0.05, 0) is 12.1 Å². The van der Waals surface area contributed by atoms with Crippen LogP contribution in [0.15, 0.2) is 35.4 Å². The quantitative estimate of drug-likeness (QED) is 0.759. The van der Waals surface area contributed by atoms with Gasteiger partial charge in [0.25, 0.3) is 5.56 Å². The third-order valence-corrected chi connectivity index (χ3v) is 2.57. The number of nitrogens with zero attached hydrogens (tertiary/aromatic N) is 2. The first kappa shape index (κ1) is 12.3. The fourth-order valence-electron chi connectivity index (χ4n) is 1.63. The predicted octanol–water partition coefficient (Wildman–Crippen LogP) is -0.229. The molecule has 18 heavy (non-hydrogen) atoms. The summed E-state index contributed by atoms with van der Waals surface area (Å²) >= 11 is 0. The normalized spacial score (nSPS) is 12.3. The molecule has 6 heteroatoms. The molecule has 0 saturated heterocycles. The summed E-state index contributed by atoms with van der Waals surface area (Å²) in [7, 11) is 1.18. The number of rotatable bonds is 3. The van der Waals surface area contributed by atoms with Crippen LogP contribution in [0, 0.1) is 0 Å². The van der Waals surface area contributed by atoms with Crippen LogP contribution in [0.5, 0.6) is 0 Å². The van der Waals surface area contributed by atoms with E-state index in [-0.39, 0.29) is 17.5 Å². The molecule has 0 spiro atoms. The number of aliphatic hydroxyl groups excluding tert-OH is 1. The van der Waals surface area contributed by atoms with Crippen molar-refractivity contribution in [1.29, 1.82) is 0 Å². The van der Waals surface area contributed by atoms with Crippen molar-refractivity contribution >= 4 is 11.6 Å². The summed E-state index contributed by atoms with van der Waals surface area (Å²) in [6.45, 7) is 0. The highest BCUT2D eigenvalue weighted by Crippen LogP contribution is 2.01. The number of pyridine rings is 1. The molecule has 0 fully saturated rings. The van der Waals surface area contributed by atoms with E-state index in [1.165, 1.54) is 17.7 Å². The van der Waals surface area contributed by atoms with Gasteiger partial charge >= 0.3 is 5.97 Å². The van der Waals surface area contributed by atoms with Crippen molar-refractivity contribution in [2.24, 2.45) is 0 Å². The summed E-state index contributed by atoms with van der Waals surface area (Å²) in [5, 5.41) is 9.52. The third-order valence-electron chi connectivity index (χ3n) is 2.57. The third kappa shape index (κ3) is 2.23. The SMILES string of the molecule is COC(=O)[C@@H](O)Cc1cnc2ccccn2c1=O. The van der Waals surface area contributed by atoms with Gasteiger partial charge in [0.1, 0.15) is 5.65 Å². The smallest absolute Gasteiger partial charge is 0.335 e. The van der Waals surface area contributed by atoms with Crippen molar-refractivity contribution in [3.8, 4) is 0 Å². The summed E-state index contributed by atoms with van der Waals surface area (Å²) in [5.41, 5.74) is 0.471. The molecule has 0 aromatic carbocycles. The van der Waals surface area contributed by atoms with Crippen LogP contribution < -0.4 is 5.56 Å². The minimum atomic E-state index is -1.36. The second kappa shape index (κ2) is 4.97. The Labute approximate surface area is 102 Å². The van der Waals surface area contributed by atoms with Crippen molar-refractivity contribution in [1.82, 2.24) is 9.38 Å². The molecule has 2 heterocycles. The summed E-state index contributed by atoms with van der Waals surface area (Å²) < 4.78 is 5.75. The number of esters is 1. The number of aliphatic hydroxyl groups is 1. The fraction of sp³-hybridized carbons (Fsp3) is 0.250. The monoisotopic (exact) mass is 248 g/mol. The molecule has 6 nitrogen and oxygen atoms in total. The van der Waals surface area contributed by atoms with Gasteiger partial charge in [0.05, 0.1) is 7.11 Å². The maximum absolute atomic E-state index is 12.0. The van der Waals surface area contributed by atoms with E-state index in [1.54, 1.807) is 24.4 Å². The van der Waals surface area contributed by atoms with Crippen LogP contribution in [0.1, 0.15) is 5.56 Å². The van der Waals surface area contributed by atoms with Crippen LogP contribution >= 0.6 is 0 Å². The van der Waals surface area contributed by atoms with Crippen molar-refractivity contribution in [3.63, 3.8) is 0 Å². The summed E-state index contributed by atoms with van der Waals surface area (Å²) in [4.78, 5) is 27.2. The van der Waals surface area contributed by atoms with Crippen LogP contribution in [0.4, 0.5) is 0 Å². The van der Waals surface area contributed by atoms with E-state index in [9.17, 15) is 14.7 Å². The van der Waals surface area contributed by atoms with E-state index in [0.717, 1.165) is 0 Å². The number of hydrogen-bond acceptors (Lipinski definition) is 5. The van der Waals surface area contributed by atoms with E-state index < -0.39 is 12.1 Å². The number of fused-ring (bicyclic) bond motifs is 1. The van der Waals surface area contributed by atoms with Gasteiger partial charge < -0.3 is 9.84 Å². The molecule has 1 atom stereocenters. The van der Waals surface area contributed by atoms with Crippen molar-refractivity contribution in [2.75, 3.05) is 7.11 Å². The Morgan fingerprint density at radius 3 is 3.06 bits per heavy atom. The zero-order valence-corrected chi connectivity index (χ0v) is 9.74. The molecule has 0 aliphatic rings. The number of aromatic nitrogens is 2. The van der Waals surface area contributed by atoms with Crippen LogP contribution in [0.25, 0.3) is 5.65 Å². The molecule has 0 radical (unpaired) electrons. The molecular formula is C12H12N2O4. The molecule has 1 N–H and O–H groups in total. The second-order valence-electron chi connectivity index (χ2n) is 3.76. The Bertz CT molecular complexity index is 635. The molecule has 2 rings (SSSR count). The lowest BCUT2D eigenvalue weighted by molar-refractivity contribution is -0.150. The van der Waals surface area contributed by atoms with E-state index in [1.807, 2.05) is 0 Å². The van der Waals surface area contributed by atoms with E-state index >= 15 is 0 Å². The Hall–Kier alpha value is -2.21. The topological polar surface area (TPSA) is 80.9 Å². The lowest BCUT2D eigenvalue weighted by atomic mass is 10.1. The average Bonchev–Trinajstić information content (AvgIpc) is 2.41. The lowest BCUT2D eigenvalue weighted by Crippen LogP contribution is -2.29. The van der Waals surface area contributed by atoms with Gasteiger partial charge in [-0.15, -0.1) is 0 Å². The average molecular weight is 248 g/mol. The highest BCUT2D eigenvalue weighted by molar-refractivity contribution is 5.74. The first-order chi connectivity index (χ1) is 8.63. The van der Waals surface area contributed by atoms with Gasteiger partial charge in [-0.3, -0.25) is 9.20 Å². The summed E-state index contributed by atoms with van der Waals surface area (Å²) in [5.74, 6) is -0.771. The Balaban J connectivity index is 2.38. The first-order valence-corrected chi connectivity index (χ1v) is 5.34. The fourth-order valence-corrected chi connectivity index (χ4v) is 1.63. The Kier molecular flexibility index (Phi) is 3.38. The van der Waals surface area contributed by atoms with E-state index in [4.69, 9.17) is 0 Å². The Morgan fingerprint density at radius 1 is 1.56 bits per heavy atom. The lowest BCUT2D eigenvalue weighted by Gasteiger charge is -2.08. The zero-order valence-electron chi connectivity index (χ0n) is 9.74. The zero-order chi connectivity index (χ0) is 13.1. The molecule has 2 aromatic rings. The standard InChI is InChI=1S/C12H12N2O4/c1-18-12(17)9(15)6-8-7-13-10-4-2-3-5-14(10)11(8)16/h2-5,7,9,15H,6H2,1H3/t9-/m0/s1. The first-order valence-electron chi connectivity index (χ1n) is 5.34. The number of ether oxygens (including phenoxy) is 1. The van der Waals surface area contributed by atoms with Gasteiger partial charge in [-0.2, -0.15) is 0 Å². The molecule has 94 valence electrons. The maximum atomic E-state index is 12.0. The van der Waals surface area contributed by atoms with Crippen LogP contribution in [-0.2, 0) is 16.0 Å².